The number of unbranched alkanes of at least 4 members (excludes halogenated alkanes) is 3. The summed E-state index contributed by atoms with van der Waals surface area (Å²) in [5, 5.41) is 0. The number of halogens is 1. The Morgan fingerprint density at radius 3 is 2.71 bits per heavy atom. The molecule has 0 aliphatic rings. The molecule has 0 saturated heterocycles. The maximum absolute atomic E-state index is 4.29. The van der Waals surface area contributed by atoms with Crippen LogP contribution in [0.25, 0.3) is 0 Å². The van der Waals surface area contributed by atoms with Crippen LogP contribution in [0, 0.1) is 0 Å². The topological polar surface area (TPSA) is 0 Å². The van der Waals surface area contributed by atoms with Crippen molar-refractivity contribution in [3.05, 3.63) is 20.3 Å². The fourth-order valence-corrected chi connectivity index (χ4v) is 3.81. The largest absolute Gasteiger partial charge is 0.174 e. The van der Waals surface area contributed by atoms with Crippen LogP contribution < -0.4 is 0 Å². The standard InChI is InChI=1S/C11H17BrS2/c1-2-3-4-5-6-10-7-9(8-13)11(12)14-10/h7,13H,2-6,8H2,1H3. The molecule has 0 fully saturated rings. The van der Waals surface area contributed by atoms with E-state index in [-0.39, 0.29) is 0 Å². The first kappa shape index (κ1) is 12.6. The minimum Gasteiger partial charge on any atom is -0.174 e. The van der Waals surface area contributed by atoms with Crippen molar-refractivity contribution in [3.63, 3.8) is 0 Å². The van der Waals surface area contributed by atoms with Gasteiger partial charge in [-0.15, -0.1) is 11.3 Å². The number of thiophene rings is 1. The summed E-state index contributed by atoms with van der Waals surface area (Å²) in [5.74, 6) is 0.839. The molecule has 0 nitrogen and oxygen atoms in total. The average Bonchev–Trinajstić information content (AvgIpc) is 2.54. The normalized spacial score (nSPS) is 10.8. The van der Waals surface area contributed by atoms with E-state index in [1.165, 1.54) is 46.3 Å². The van der Waals surface area contributed by atoms with E-state index in [0.29, 0.717) is 0 Å². The zero-order valence-corrected chi connectivity index (χ0v) is 11.9. The van der Waals surface area contributed by atoms with Gasteiger partial charge in [0.25, 0.3) is 0 Å². The predicted molar refractivity (Wildman–Crippen MR) is 72.6 cm³/mol. The minimum absolute atomic E-state index is 0.839. The highest BCUT2D eigenvalue weighted by molar-refractivity contribution is 9.11. The molecule has 0 aliphatic carbocycles. The lowest BCUT2D eigenvalue weighted by Crippen LogP contribution is -1.81. The Labute approximate surface area is 105 Å². The number of aryl methyl sites for hydroxylation is 1. The van der Waals surface area contributed by atoms with Gasteiger partial charge in [0, 0.05) is 10.6 Å². The Kier molecular flexibility index (Phi) is 6.22. The van der Waals surface area contributed by atoms with Crippen molar-refractivity contribution in [2.75, 3.05) is 0 Å². The molecule has 1 rings (SSSR count). The summed E-state index contributed by atoms with van der Waals surface area (Å²) < 4.78 is 1.26. The first-order chi connectivity index (χ1) is 6.77. The highest BCUT2D eigenvalue weighted by Gasteiger charge is 2.04. The molecule has 0 aliphatic heterocycles. The van der Waals surface area contributed by atoms with Crippen LogP contribution in [0.1, 0.15) is 43.0 Å². The molecule has 0 amide bonds. The Bertz CT molecular complexity index is 268. The summed E-state index contributed by atoms with van der Waals surface area (Å²) in [7, 11) is 0. The predicted octanol–water partition coefficient (Wildman–Crippen LogP) is 5.06. The van der Waals surface area contributed by atoms with Crippen LogP contribution in [0.4, 0.5) is 0 Å². The molecule has 0 saturated carbocycles. The summed E-state index contributed by atoms with van der Waals surface area (Å²) in [6.45, 7) is 2.25. The Hall–Kier alpha value is 0.530. The van der Waals surface area contributed by atoms with Crippen molar-refractivity contribution in [2.45, 2.75) is 44.8 Å². The van der Waals surface area contributed by atoms with E-state index in [1.54, 1.807) is 0 Å². The van der Waals surface area contributed by atoms with Crippen LogP contribution in [0.15, 0.2) is 9.85 Å². The monoisotopic (exact) mass is 292 g/mol. The van der Waals surface area contributed by atoms with Gasteiger partial charge in [-0.3, -0.25) is 0 Å². The van der Waals surface area contributed by atoms with Crippen molar-refractivity contribution in [2.24, 2.45) is 0 Å². The lowest BCUT2D eigenvalue weighted by atomic mass is 10.1. The summed E-state index contributed by atoms with van der Waals surface area (Å²) in [6.07, 6.45) is 6.61. The van der Waals surface area contributed by atoms with Crippen molar-refractivity contribution in [1.29, 1.82) is 0 Å². The van der Waals surface area contributed by atoms with Gasteiger partial charge in [-0.25, -0.2) is 0 Å². The Balaban J connectivity index is 2.35. The number of hydrogen-bond donors (Lipinski definition) is 1. The van der Waals surface area contributed by atoms with Crippen LogP contribution in [-0.4, -0.2) is 0 Å². The zero-order chi connectivity index (χ0) is 10.4. The van der Waals surface area contributed by atoms with Crippen LogP contribution in [-0.2, 0) is 12.2 Å². The second-order valence-corrected chi connectivity index (χ2v) is 6.25. The molecule has 0 aromatic carbocycles. The van der Waals surface area contributed by atoms with E-state index in [0.717, 1.165) is 5.75 Å². The molecule has 0 radical (unpaired) electrons. The van der Waals surface area contributed by atoms with E-state index in [1.807, 2.05) is 11.3 Å². The van der Waals surface area contributed by atoms with Crippen molar-refractivity contribution in [1.82, 2.24) is 0 Å². The highest BCUT2D eigenvalue weighted by Crippen LogP contribution is 2.30. The average molecular weight is 293 g/mol. The molecule has 0 spiro atoms. The molecule has 14 heavy (non-hydrogen) atoms. The van der Waals surface area contributed by atoms with E-state index in [2.05, 4.69) is 41.5 Å². The third kappa shape index (κ3) is 3.95. The maximum atomic E-state index is 4.29. The fourth-order valence-electron chi connectivity index (χ4n) is 1.42. The van der Waals surface area contributed by atoms with Crippen LogP contribution >= 0.6 is 39.9 Å². The molecule has 3 heteroatoms. The van der Waals surface area contributed by atoms with Crippen molar-refractivity contribution in [3.8, 4) is 0 Å². The molecule has 1 aromatic rings. The number of rotatable bonds is 6. The first-order valence-corrected chi connectivity index (χ1v) is 7.40. The maximum Gasteiger partial charge on any atom is 0.0741 e. The molecule has 0 unspecified atom stereocenters. The lowest BCUT2D eigenvalue weighted by molar-refractivity contribution is 0.670. The van der Waals surface area contributed by atoms with Crippen molar-refractivity contribution >= 4 is 39.9 Å². The second kappa shape index (κ2) is 6.91. The second-order valence-electron chi connectivity index (χ2n) is 3.48. The first-order valence-electron chi connectivity index (χ1n) is 5.16. The molecule has 1 heterocycles. The van der Waals surface area contributed by atoms with Gasteiger partial charge in [0.1, 0.15) is 0 Å². The SMILES string of the molecule is CCCCCCc1cc(CS)c(Br)s1. The summed E-state index contributed by atoms with van der Waals surface area (Å²) in [5.41, 5.74) is 1.34. The van der Waals surface area contributed by atoms with Gasteiger partial charge in [-0.2, -0.15) is 12.6 Å². The van der Waals surface area contributed by atoms with Crippen LogP contribution in [0.5, 0.6) is 0 Å². The van der Waals surface area contributed by atoms with Crippen molar-refractivity contribution < 1.29 is 0 Å². The van der Waals surface area contributed by atoms with E-state index < -0.39 is 0 Å². The third-order valence-electron chi connectivity index (χ3n) is 2.26. The molecule has 1 aromatic heterocycles. The lowest BCUT2D eigenvalue weighted by Gasteiger charge is -1.96. The minimum atomic E-state index is 0.839. The van der Waals surface area contributed by atoms with Gasteiger partial charge >= 0.3 is 0 Å². The molecule has 0 bridgehead atoms. The zero-order valence-electron chi connectivity index (χ0n) is 8.55. The summed E-state index contributed by atoms with van der Waals surface area (Å²) >= 11 is 9.73. The molecular formula is C11H17BrS2. The Morgan fingerprint density at radius 2 is 2.14 bits per heavy atom. The smallest absolute Gasteiger partial charge is 0.0741 e. The van der Waals surface area contributed by atoms with Gasteiger partial charge in [0.05, 0.1) is 3.79 Å². The van der Waals surface area contributed by atoms with E-state index in [9.17, 15) is 0 Å². The van der Waals surface area contributed by atoms with Crippen LogP contribution in [0.2, 0.25) is 0 Å². The number of thiol groups is 1. The molecule has 80 valence electrons. The van der Waals surface area contributed by atoms with E-state index >= 15 is 0 Å². The Morgan fingerprint density at radius 1 is 1.36 bits per heavy atom. The van der Waals surface area contributed by atoms with Gasteiger partial charge in [-0.1, -0.05) is 26.2 Å². The summed E-state index contributed by atoms with van der Waals surface area (Å²) in [4.78, 5) is 1.50. The number of hydrogen-bond acceptors (Lipinski definition) is 2. The fraction of sp³-hybridized carbons (Fsp3) is 0.636. The van der Waals surface area contributed by atoms with E-state index in [4.69, 9.17) is 0 Å². The van der Waals surface area contributed by atoms with Crippen LogP contribution in [0.3, 0.4) is 0 Å². The molecular weight excluding hydrogens is 276 g/mol. The van der Waals surface area contributed by atoms with Gasteiger partial charge in [-0.05, 0) is 40.4 Å². The van der Waals surface area contributed by atoms with Gasteiger partial charge < -0.3 is 0 Å². The van der Waals surface area contributed by atoms with Gasteiger partial charge in [0.2, 0.25) is 0 Å². The summed E-state index contributed by atoms with van der Waals surface area (Å²) in [6, 6.07) is 2.29. The third-order valence-corrected chi connectivity index (χ3v) is 4.62. The highest BCUT2D eigenvalue weighted by atomic mass is 79.9. The molecule has 0 atom stereocenters. The van der Waals surface area contributed by atoms with Gasteiger partial charge in [0.15, 0.2) is 0 Å². The molecule has 0 N–H and O–H groups in total. The quantitative estimate of drug-likeness (QED) is 0.550.